The van der Waals surface area contributed by atoms with E-state index < -0.39 is 38.0 Å². The van der Waals surface area contributed by atoms with Gasteiger partial charge in [0.05, 0.1) is 5.56 Å². The largest absolute Gasteiger partial charge is 0.349 e. The standard InChI is InChI=1S/C12H14F2N2O3S/c1-12(2)5-9(12)16-11(17)7-3-6(13)4-8(10(7)14)20(15,18)19/h3-4,9H,5H2,1-2H3,(H,16,17)(H2,15,18,19). The molecule has 0 saturated heterocycles. The molecule has 0 spiro atoms. The fourth-order valence-corrected chi connectivity index (χ4v) is 2.52. The smallest absolute Gasteiger partial charge is 0.254 e. The van der Waals surface area contributed by atoms with Crippen LogP contribution in [0.2, 0.25) is 0 Å². The van der Waals surface area contributed by atoms with Gasteiger partial charge in [-0.05, 0) is 24.0 Å². The predicted octanol–water partition coefficient (Wildman–Crippen LogP) is 1.14. The topological polar surface area (TPSA) is 89.3 Å². The molecule has 0 bridgehead atoms. The van der Waals surface area contributed by atoms with E-state index in [4.69, 9.17) is 5.14 Å². The molecule has 3 N–H and O–H groups in total. The molecule has 2 rings (SSSR count). The third-order valence-corrected chi connectivity index (χ3v) is 4.28. The summed E-state index contributed by atoms with van der Waals surface area (Å²) < 4.78 is 49.6. The molecule has 0 aliphatic heterocycles. The predicted molar refractivity (Wildman–Crippen MR) is 67.4 cm³/mol. The fraction of sp³-hybridized carbons (Fsp3) is 0.417. The van der Waals surface area contributed by atoms with Crippen LogP contribution in [0.25, 0.3) is 0 Å². The first-order chi connectivity index (χ1) is 9.02. The van der Waals surface area contributed by atoms with Crippen LogP contribution in [0.1, 0.15) is 30.6 Å². The highest BCUT2D eigenvalue weighted by molar-refractivity contribution is 7.89. The summed E-state index contributed by atoms with van der Waals surface area (Å²) in [4.78, 5) is 10.9. The molecule has 0 heterocycles. The molecule has 1 aromatic carbocycles. The number of carbonyl (C=O) groups is 1. The van der Waals surface area contributed by atoms with Crippen LogP contribution in [0.4, 0.5) is 8.78 Å². The van der Waals surface area contributed by atoms with Crippen LogP contribution in [-0.2, 0) is 10.0 Å². The number of primary sulfonamides is 1. The summed E-state index contributed by atoms with van der Waals surface area (Å²) in [6.45, 7) is 3.82. The van der Waals surface area contributed by atoms with Crippen LogP contribution in [0.3, 0.4) is 0 Å². The van der Waals surface area contributed by atoms with Crippen molar-refractivity contribution in [3.8, 4) is 0 Å². The third-order valence-electron chi connectivity index (χ3n) is 3.37. The Labute approximate surface area is 115 Å². The SMILES string of the molecule is CC1(C)CC1NC(=O)c1cc(F)cc(S(N)(=O)=O)c1F. The van der Waals surface area contributed by atoms with Gasteiger partial charge in [-0.2, -0.15) is 0 Å². The summed E-state index contributed by atoms with van der Waals surface area (Å²) >= 11 is 0. The first kappa shape index (κ1) is 14.9. The molecule has 1 amide bonds. The van der Waals surface area contributed by atoms with Gasteiger partial charge in [-0.1, -0.05) is 13.8 Å². The summed E-state index contributed by atoms with van der Waals surface area (Å²) in [5, 5.41) is 7.31. The van der Waals surface area contributed by atoms with Crippen molar-refractivity contribution < 1.29 is 22.0 Å². The summed E-state index contributed by atoms with van der Waals surface area (Å²) in [6.07, 6.45) is 0.720. The van der Waals surface area contributed by atoms with Crippen molar-refractivity contribution in [3.63, 3.8) is 0 Å². The van der Waals surface area contributed by atoms with Gasteiger partial charge in [0.25, 0.3) is 5.91 Å². The second-order valence-electron chi connectivity index (χ2n) is 5.53. The number of rotatable bonds is 3. The van der Waals surface area contributed by atoms with E-state index in [-0.39, 0.29) is 11.5 Å². The number of sulfonamides is 1. The molecule has 1 aromatic rings. The van der Waals surface area contributed by atoms with Gasteiger partial charge < -0.3 is 5.32 Å². The van der Waals surface area contributed by atoms with Gasteiger partial charge in [0, 0.05) is 6.04 Å². The maximum atomic E-state index is 14.0. The number of amides is 1. The van der Waals surface area contributed by atoms with Crippen molar-refractivity contribution in [2.75, 3.05) is 0 Å². The normalized spacial score (nSPS) is 20.6. The average molecular weight is 304 g/mol. The Morgan fingerprint density at radius 3 is 2.40 bits per heavy atom. The minimum atomic E-state index is -4.44. The van der Waals surface area contributed by atoms with Gasteiger partial charge in [0.2, 0.25) is 10.0 Å². The third kappa shape index (κ3) is 2.80. The number of carbonyl (C=O) groups excluding carboxylic acids is 1. The minimum Gasteiger partial charge on any atom is -0.349 e. The lowest BCUT2D eigenvalue weighted by Gasteiger charge is -2.10. The molecule has 8 heteroatoms. The lowest BCUT2D eigenvalue weighted by molar-refractivity contribution is 0.0941. The van der Waals surface area contributed by atoms with E-state index in [1.54, 1.807) is 0 Å². The molecule has 5 nitrogen and oxygen atoms in total. The van der Waals surface area contributed by atoms with Crippen molar-refractivity contribution in [2.24, 2.45) is 10.6 Å². The van der Waals surface area contributed by atoms with E-state index in [0.29, 0.717) is 12.1 Å². The van der Waals surface area contributed by atoms with Gasteiger partial charge in [-0.3, -0.25) is 4.79 Å². The van der Waals surface area contributed by atoms with Gasteiger partial charge in [0.1, 0.15) is 10.7 Å². The van der Waals surface area contributed by atoms with E-state index >= 15 is 0 Å². The zero-order valence-corrected chi connectivity index (χ0v) is 11.7. The molecular formula is C12H14F2N2O3S. The Hall–Kier alpha value is -1.54. The van der Waals surface area contributed by atoms with Crippen molar-refractivity contribution in [3.05, 3.63) is 29.3 Å². The number of nitrogens with two attached hydrogens (primary N) is 1. The van der Waals surface area contributed by atoms with Crippen molar-refractivity contribution in [1.82, 2.24) is 5.32 Å². The minimum absolute atomic E-state index is 0.0950. The number of hydrogen-bond acceptors (Lipinski definition) is 3. The van der Waals surface area contributed by atoms with Crippen molar-refractivity contribution in [2.45, 2.75) is 31.2 Å². The van der Waals surface area contributed by atoms with Crippen LogP contribution in [-0.4, -0.2) is 20.4 Å². The molecular weight excluding hydrogens is 290 g/mol. The van der Waals surface area contributed by atoms with E-state index in [1.165, 1.54) is 0 Å². The fourth-order valence-electron chi connectivity index (χ4n) is 1.89. The van der Waals surface area contributed by atoms with E-state index in [1.807, 2.05) is 13.8 Å². The Bertz CT molecular complexity index is 686. The highest BCUT2D eigenvalue weighted by Crippen LogP contribution is 2.44. The summed E-state index contributed by atoms with van der Waals surface area (Å²) in [5.41, 5.74) is -0.765. The summed E-state index contributed by atoms with van der Waals surface area (Å²) in [7, 11) is -4.44. The van der Waals surface area contributed by atoms with Crippen LogP contribution in [0.5, 0.6) is 0 Å². The first-order valence-electron chi connectivity index (χ1n) is 5.85. The second-order valence-corrected chi connectivity index (χ2v) is 7.06. The molecule has 110 valence electrons. The van der Waals surface area contributed by atoms with Gasteiger partial charge >= 0.3 is 0 Å². The van der Waals surface area contributed by atoms with E-state index in [0.717, 1.165) is 6.42 Å². The molecule has 1 aliphatic carbocycles. The van der Waals surface area contributed by atoms with E-state index in [2.05, 4.69) is 5.32 Å². The highest BCUT2D eigenvalue weighted by atomic mass is 32.2. The molecule has 1 aliphatic rings. The lowest BCUT2D eigenvalue weighted by atomic mass is 10.1. The number of hydrogen-bond donors (Lipinski definition) is 2. The van der Waals surface area contributed by atoms with Gasteiger partial charge in [-0.15, -0.1) is 0 Å². The highest BCUT2D eigenvalue weighted by Gasteiger charge is 2.46. The summed E-state index contributed by atoms with van der Waals surface area (Å²) in [6, 6.07) is 0.952. The maximum absolute atomic E-state index is 14.0. The first-order valence-corrected chi connectivity index (χ1v) is 7.40. The zero-order valence-electron chi connectivity index (χ0n) is 10.9. The molecule has 0 aromatic heterocycles. The van der Waals surface area contributed by atoms with Crippen molar-refractivity contribution in [1.29, 1.82) is 0 Å². The van der Waals surface area contributed by atoms with Gasteiger partial charge in [-0.25, -0.2) is 22.3 Å². The molecule has 1 saturated carbocycles. The van der Waals surface area contributed by atoms with Crippen LogP contribution in [0.15, 0.2) is 17.0 Å². The number of halogens is 2. The second kappa shape index (κ2) is 4.49. The van der Waals surface area contributed by atoms with Crippen molar-refractivity contribution >= 4 is 15.9 Å². The van der Waals surface area contributed by atoms with E-state index in [9.17, 15) is 22.0 Å². The average Bonchev–Trinajstić information content (AvgIpc) is 2.87. The number of benzene rings is 1. The molecule has 1 fully saturated rings. The van der Waals surface area contributed by atoms with Crippen LogP contribution >= 0.6 is 0 Å². The molecule has 1 atom stereocenters. The van der Waals surface area contributed by atoms with Gasteiger partial charge in [0.15, 0.2) is 5.82 Å². The molecule has 20 heavy (non-hydrogen) atoms. The Kier molecular flexibility index (Phi) is 3.34. The quantitative estimate of drug-likeness (QED) is 0.877. The maximum Gasteiger partial charge on any atom is 0.254 e. The Morgan fingerprint density at radius 2 is 1.95 bits per heavy atom. The lowest BCUT2D eigenvalue weighted by Crippen LogP contribution is -2.30. The van der Waals surface area contributed by atoms with Crippen LogP contribution < -0.4 is 10.5 Å². The monoisotopic (exact) mass is 304 g/mol. The molecule has 1 unspecified atom stereocenters. The number of nitrogens with one attached hydrogen (secondary N) is 1. The summed E-state index contributed by atoms with van der Waals surface area (Å²) in [5.74, 6) is -3.25. The zero-order chi connectivity index (χ0) is 15.3. The Balaban J connectivity index is 2.37. The molecule has 0 radical (unpaired) electrons. The Morgan fingerprint density at radius 1 is 1.40 bits per heavy atom. The van der Waals surface area contributed by atoms with Crippen LogP contribution in [0, 0.1) is 17.0 Å².